The van der Waals surface area contributed by atoms with Gasteiger partial charge in [0.25, 0.3) is 0 Å². The molecule has 9 aliphatic rings. The first-order valence-electron chi connectivity index (χ1n) is 14.0. The molecule has 4 heteroatoms. The van der Waals surface area contributed by atoms with Crippen molar-refractivity contribution in [3.8, 4) is 0 Å². The number of rotatable bonds is 4. The van der Waals surface area contributed by atoms with Crippen LogP contribution in [0.1, 0.15) is 97.8 Å². The van der Waals surface area contributed by atoms with Gasteiger partial charge in [-0.1, -0.05) is 13.8 Å². The Labute approximate surface area is 194 Å². The van der Waals surface area contributed by atoms with Gasteiger partial charge in [0.05, 0.1) is 12.7 Å². The van der Waals surface area contributed by atoms with Crippen molar-refractivity contribution in [2.24, 2.45) is 46.8 Å². The largest absolute Gasteiger partial charge is 0.352 e. The molecule has 6 saturated carbocycles. The van der Waals surface area contributed by atoms with Crippen LogP contribution in [0.4, 0.5) is 0 Å². The number of hydrogen-bond donors (Lipinski definition) is 0. The van der Waals surface area contributed by atoms with Crippen LogP contribution >= 0.6 is 0 Å². The summed E-state index contributed by atoms with van der Waals surface area (Å²) in [4.78, 5) is 12.6. The fourth-order valence-electron chi connectivity index (χ4n) is 10.6. The van der Waals surface area contributed by atoms with E-state index in [0.29, 0.717) is 29.1 Å². The molecule has 9 rings (SSSR count). The maximum absolute atomic E-state index is 6.85. The van der Waals surface area contributed by atoms with Crippen LogP contribution in [0.2, 0.25) is 0 Å². The molecule has 0 aromatic heterocycles. The molecule has 6 aliphatic carbocycles. The van der Waals surface area contributed by atoms with Gasteiger partial charge >= 0.3 is 0 Å². The standard InChI is InChI=1S/C28H44O4/c1-17-4-5-23-18(2)25(30-24-16-26(3)7-6-22(17)28(23,24)32-31-26)29-9-8-27-13-19-10-20(14-27)12-21(11-19)15-27/h17-25H,4-16H2,1-3H3/t17-,18-,19?,20?,21?,22+,23+,24-,25+,26+,27?,28-/m1/s1. The zero-order valence-electron chi connectivity index (χ0n) is 20.5. The molecule has 0 aromatic carbocycles. The van der Waals surface area contributed by atoms with E-state index in [9.17, 15) is 0 Å². The topological polar surface area (TPSA) is 36.9 Å². The normalized spacial score (nSPS) is 60.3. The van der Waals surface area contributed by atoms with Gasteiger partial charge in [-0.3, -0.25) is 0 Å². The van der Waals surface area contributed by atoms with Crippen molar-refractivity contribution in [3.05, 3.63) is 0 Å². The molecule has 6 bridgehead atoms. The van der Waals surface area contributed by atoms with E-state index >= 15 is 0 Å². The Morgan fingerprint density at radius 1 is 0.844 bits per heavy atom. The van der Waals surface area contributed by atoms with Crippen molar-refractivity contribution >= 4 is 0 Å². The highest BCUT2D eigenvalue weighted by molar-refractivity contribution is 5.13. The minimum absolute atomic E-state index is 0.0786. The molecule has 8 atom stereocenters. The Bertz CT molecular complexity index is 716. The molecule has 0 unspecified atom stereocenters. The molecule has 32 heavy (non-hydrogen) atoms. The summed E-state index contributed by atoms with van der Waals surface area (Å²) >= 11 is 0. The van der Waals surface area contributed by atoms with Gasteiger partial charge in [0, 0.05) is 18.3 Å². The lowest BCUT2D eigenvalue weighted by Crippen LogP contribution is -2.69. The summed E-state index contributed by atoms with van der Waals surface area (Å²) in [5.41, 5.74) is 0.125. The van der Waals surface area contributed by atoms with E-state index in [4.69, 9.17) is 19.2 Å². The van der Waals surface area contributed by atoms with E-state index in [2.05, 4.69) is 20.8 Å². The van der Waals surface area contributed by atoms with Crippen LogP contribution < -0.4 is 0 Å². The summed E-state index contributed by atoms with van der Waals surface area (Å²) in [7, 11) is 0. The molecule has 0 radical (unpaired) electrons. The number of fused-ring (bicyclic) bond motifs is 2. The quantitative estimate of drug-likeness (QED) is 0.479. The van der Waals surface area contributed by atoms with E-state index in [1.54, 1.807) is 0 Å². The minimum Gasteiger partial charge on any atom is -0.352 e. The fraction of sp³-hybridized carbons (Fsp3) is 1.00. The van der Waals surface area contributed by atoms with E-state index in [-0.39, 0.29) is 23.6 Å². The molecule has 180 valence electrons. The van der Waals surface area contributed by atoms with Crippen LogP contribution in [-0.4, -0.2) is 30.2 Å². The molecule has 0 aromatic rings. The Morgan fingerprint density at radius 3 is 2.28 bits per heavy atom. The van der Waals surface area contributed by atoms with Crippen LogP contribution in [0.15, 0.2) is 0 Å². The van der Waals surface area contributed by atoms with Crippen LogP contribution in [-0.2, 0) is 19.2 Å². The van der Waals surface area contributed by atoms with Gasteiger partial charge in [-0.05, 0) is 113 Å². The maximum Gasteiger partial charge on any atom is 0.160 e. The monoisotopic (exact) mass is 444 g/mol. The third kappa shape index (κ3) is 3.01. The van der Waals surface area contributed by atoms with Crippen LogP contribution in [0.3, 0.4) is 0 Å². The minimum atomic E-state index is -0.257. The molecule has 4 nitrogen and oxygen atoms in total. The van der Waals surface area contributed by atoms with Crippen LogP contribution in [0.25, 0.3) is 0 Å². The lowest BCUT2D eigenvalue weighted by molar-refractivity contribution is -0.495. The Hall–Kier alpha value is -0.160. The van der Waals surface area contributed by atoms with E-state index in [1.165, 1.54) is 64.2 Å². The molecular weight excluding hydrogens is 400 g/mol. The molecule has 1 spiro atoms. The van der Waals surface area contributed by atoms with Gasteiger partial charge in [0.1, 0.15) is 11.2 Å². The second-order valence-corrected chi connectivity index (χ2v) is 13.9. The summed E-state index contributed by atoms with van der Waals surface area (Å²) in [6, 6.07) is 0. The van der Waals surface area contributed by atoms with Crippen molar-refractivity contribution in [2.45, 2.75) is 121 Å². The molecular formula is C28H44O4. The number of ether oxygens (including phenoxy) is 2. The average Bonchev–Trinajstić information content (AvgIpc) is 2.96. The first-order valence-corrected chi connectivity index (χ1v) is 14.0. The third-order valence-electron chi connectivity index (χ3n) is 11.7. The third-order valence-corrected chi connectivity index (χ3v) is 11.7. The summed E-state index contributed by atoms with van der Waals surface area (Å²) in [5.74, 6) is 5.14. The predicted octanol–water partition coefficient (Wildman–Crippen LogP) is 6.28. The summed E-state index contributed by atoms with van der Waals surface area (Å²) < 4.78 is 13.5. The van der Waals surface area contributed by atoms with Gasteiger partial charge in [-0.15, -0.1) is 0 Å². The van der Waals surface area contributed by atoms with Crippen molar-refractivity contribution < 1.29 is 19.2 Å². The first kappa shape index (κ1) is 21.1. The van der Waals surface area contributed by atoms with Crippen molar-refractivity contribution in [2.75, 3.05) is 6.61 Å². The highest BCUT2D eigenvalue weighted by Gasteiger charge is 2.68. The van der Waals surface area contributed by atoms with Crippen molar-refractivity contribution in [3.63, 3.8) is 0 Å². The van der Waals surface area contributed by atoms with Gasteiger partial charge in [-0.25, -0.2) is 9.78 Å². The average molecular weight is 445 g/mol. The van der Waals surface area contributed by atoms with E-state index in [0.717, 1.165) is 37.2 Å². The fourth-order valence-corrected chi connectivity index (χ4v) is 10.6. The summed E-state index contributed by atoms with van der Waals surface area (Å²) in [6.45, 7) is 7.89. The second-order valence-electron chi connectivity index (χ2n) is 13.9. The Balaban J connectivity index is 1.08. The van der Waals surface area contributed by atoms with Crippen molar-refractivity contribution in [1.82, 2.24) is 0 Å². The molecule has 3 heterocycles. The highest BCUT2D eigenvalue weighted by Crippen LogP contribution is 2.63. The van der Waals surface area contributed by atoms with Crippen molar-refractivity contribution in [1.29, 1.82) is 0 Å². The van der Waals surface area contributed by atoms with Gasteiger partial charge < -0.3 is 9.47 Å². The smallest absolute Gasteiger partial charge is 0.160 e. The molecule has 9 fully saturated rings. The van der Waals surface area contributed by atoms with Gasteiger partial charge in [0.15, 0.2) is 6.29 Å². The zero-order valence-corrected chi connectivity index (χ0v) is 20.5. The summed E-state index contributed by atoms with van der Waals surface area (Å²) in [5, 5.41) is 0. The van der Waals surface area contributed by atoms with E-state index < -0.39 is 0 Å². The SMILES string of the molecule is C[C@H]1[C@@H](OCCC23CC4CC(CC(C4)C2)C3)O[C@@H]2C[C@]3(C)CC[C@H]4[C@H](C)CC[C@@H]1[C@@]24OO3. The molecule has 3 aliphatic heterocycles. The first-order chi connectivity index (χ1) is 15.4. The lowest BCUT2D eigenvalue weighted by atomic mass is 9.49. The lowest BCUT2D eigenvalue weighted by Gasteiger charge is -2.61. The van der Waals surface area contributed by atoms with Crippen LogP contribution in [0, 0.1) is 46.8 Å². The van der Waals surface area contributed by atoms with Gasteiger partial charge in [-0.2, -0.15) is 0 Å². The van der Waals surface area contributed by atoms with Crippen LogP contribution in [0.5, 0.6) is 0 Å². The number of hydrogen-bond acceptors (Lipinski definition) is 4. The Kier molecular flexibility index (Phi) is 4.75. The molecule has 3 saturated heterocycles. The maximum atomic E-state index is 6.85. The Morgan fingerprint density at radius 2 is 1.56 bits per heavy atom. The van der Waals surface area contributed by atoms with E-state index in [1.807, 2.05) is 0 Å². The summed E-state index contributed by atoms with van der Waals surface area (Å²) in [6.07, 6.45) is 16.0. The van der Waals surface area contributed by atoms with Gasteiger partial charge in [0.2, 0.25) is 0 Å². The molecule has 0 N–H and O–H groups in total. The zero-order chi connectivity index (χ0) is 21.7. The molecule has 0 amide bonds. The highest BCUT2D eigenvalue weighted by atomic mass is 17.2. The predicted molar refractivity (Wildman–Crippen MR) is 122 cm³/mol. The second kappa shape index (κ2) is 7.18.